The summed E-state index contributed by atoms with van der Waals surface area (Å²) < 4.78 is 11.9. The van der Waals surface area contributed by atoms with Gasteiger partial charge in [0.25, 0.3) is 0 Å². The van der Waals surface area contributed by atoms with Crippen molar-refractivity contribution < 1.29 is 19.4 Å². The Balaban J connectivity index is 1.63. The summed E-state index contributed by atoms with van der Waals surface area (Å²) in [5.41, 5.74) is 2.85. The van der Waals surface area contributed by atoms with E-state index in [0.717, 1.165) is 11.1 Å². The van der Waals surface area contributed by atoms with Gasteiger partial charge >= 0.3 is 5.97 Å². The molecule has 0 radical (unpaired) electrons. The van der Waals surface area contributed by atoms with Gasteiger partial charge in [0.1, 0.15) is 30.4 Å². The molecule has 0 unspecified atom stereocenters. The number of H-pyrrole nitrogens is 1. The van der Waals surface area contributed by atoms with Gasteiger partial charge in [0.15, 0.2) is 0 Å². The van der Waals surface area contributed by atoms with Gasteiger partial charge in [0.2, 0.25) is 0 Å². The van der Waals surface area contributed by atoms with Crippen LogP contribution in [0.3, 0.4) is 0 Å². The van der Waals surface area contributed by atoms with Crippen molar-refractivity contribution in [3.8, 4) is 11.5 Å². The van der Waals surface area contributed by atoms with Crippen LogP contribution in [0.4, 0.5) is 0 Å². The number of carboxylic acid groups (broad SMARTS) is 1. The highest BCUT2D eigenvalue weighted by Crippen LogP contribution is 2.33. The molecule has 0 saturated carbocycles. The third-order valence-electron chi connectivity index (χ3n) is 4.39. The molecule has 1 aromatic heterocycles. The number of aromatic carboxylic acids is 1. The Hall–Kier alpha value is -3.73. The van der Waals surface area contributed by atoms with Crippen LogP contribution in [0.25, 0.3) is 10.9 Å². The Kier molecular flexibility index (Phi) is 4.97. The summed E-state index contributed by atoms with van der Waals surface area (Å²) in [6.45, 7) is 0.794. The number of hydrogen-bond acceptors (Lipinski definition) is 3. The van der Waals surface area contributed by atoms with Crippen LogP contribution in [0.1, 0.15) is 21.6 Å². The summed E-state index contributed by atoms with van der Waals surface area (Å²) in [5, 5.41) is 10.0. The molecule has 0 aliphatic carbocycles. The summed E-state index contributed by atoms with van der Waals surface area (Å²) in [4.78, 5) is 14.3. The van der Waals surface area contributed by atoms with E-state index in [9.17, 15) is 9.90 Å². The Labute approximate surface area is 162 Å². The zero-order valence-electron chi connectivity index (χ0n) is 15.1. The molecule has 0 fully saturated rings. The lowest BCUT2D eigenvalue weighted by atomic mass is 10.2. The van der Waals surface area contributed by atoms with E-state index in [0.29, 0.717) is 35.6 Å². The standard InChI is InChI=1S/C23H19NO4/c25-23(26)21-13-19-20(24-21)11-18(27-14-16-7-3-1-4-8-16)12-22(19)28-15-17-9-5-2-6-10-17/h1-13,24H,14-15H2,(H,25,26). The van der Waals surface area contributed by atoms with Crippen LogP contribution in [-0.4, -0.2) is 16.1 Å². The van der Waals surface area contributed by atoms with Crippen molar-refractivity contribution >= 4 is 16.9 Å². The first-order chi connectivity index (χ1) is 13.7. The van der Waals surface area contributed by atoms with Crippen LogP contribution < -0.4 is 9.47 Å². The molecule has 5 nitrogen and oxygen atoms in total. The third-order valence-corrected chi connectivity index (χ3v) is 4.39. The smallest absolute Gasteiger partial charge is 0.352 e. The van der Waals surface area contributed by atoms with Crippen molar-refractivity contribution in [1.82, 2.24) is 4.98 Å². The van der Waals surface area contributed by atoms with Gasteiger partial charge in [-0.15, -0.1) is 0 Å². The molecule has 3 aromatic carbocycles. The Morgan fingerprint density at radius 1 is 0.821 bits per heavy atom. The van der Waals surface area contributed by atoms with E-state index >= 15 is 0 Å². The second kappa shape index (κ2) is 7.88. The van der Waals surface area contributed by atoms with Gasteiger partial charge in [-0.3, -0.25) is 0 Å². The van der Waals surface area contributed by atoms with Gasteiger partial charge in [-0.25, -0.2) is 4.79 Å². The fourth-order valence-electron chi connectivity index (χ4n) is 2.97. The number of benzene rings is 3. The van der Waals surface area contributed by atoms with Gasteiger partial charge in [0.05, 0.1) is 5.52 Å². The van der Waals surface area contributed by atoms with Crippen molar-refractivity contribution in [2.24, 2.45) is 0 Å². The number of fused-ring (bicyclic) bond motifs is 1. The summed E-state index contributed by atoms with van der Waals surface area (Å²) in [6.07, 6.45) is 0. The molecule has 28 heavy (non-hydrogen) atoms. The van der Waals surface area contributed by atoms with Crippen molar-refractivity contribution in [3.05, 3.63) is 95.7 Å². The zero-order chi connectivity index (χ0) is 19.3. The molecule has 0 saturated heterocycles. The molecule has 5 heteroatoms. The summed E-state index contributed by atoms with van der Waals surface area (Å²) in [7, 11) is 0. The molecular formula is C23H19NO4. The second-order valence-corrected chi connectivity index (χ2v) is 6.42. The Bertz CT molecular complexity index is 1090. The molecule has 4 rings (SSSR count). The molecule has 0 atom stereocenters. The predicted octanol–water partition coefficient (Wildman–Crippen LogP) is 5.02. The molecule has 1 heterocycles. The van der Waals surface area contributed by atoms with Crippen LogP contribution in [0.2, 0.25) is 0 Å². The van der Waals surface area contributed by atoms with Gasteiger partial charge in [-0.05, 0) is 17.2 Å². The third kappa shape index (κ3) is 3.99. The van der Waals surface area contributed by atoms with Crippen molar-refractivity contribution in [2.75, 3.05) is 0 Å². The van der Waals surface area contributed by atoms with E-state index in [1.54, 1.807) is 18.2 Å². The van der Waals surface area contributed by atoms with E-state index in [1.165, 1.54) is 0 Å². The SMILES string of the molecule is O=C(O)c1cc2c(OCc3ccccc3)cc(OCc3ccccc3)cc2[nH]1. The van der Waals surface area contributed by atoms with Crippen LogP contribution in [0.15, 0.2) is 78.9 Å². The molecule has 0 amide bonds. The molecule has 140 valence electrons. The Morgan fingerprint density at radius 2 is 1.43 bits per heavy atom. The zero-order valence-corrected chi connectivity index (χ0v) is 15.1. The fraction of sp³-hybridized carbons (Fsp3) is 0.0870. The first-order valence-electron chi connectivity index (χ1n) is 8.92. The summed E-state index contributed by atoms with van der Waals surface area (Å²) in [6, 6.07) is 24.8. The molecular weight excluding hydrogens is 354 g/mol. The maximum atomic E-state index is 11.4. The highest BCUT2D eigenvalue weighted by Gasteiger charge is 2.14. The van der Waals surface area contributed by atoms with E-state index in [2.05, 4.69) is 4.98 Å². The number of carbonyl (C=O) groups is 1. The van der Waals surface area contributed by atoms with E-state index in [1.807, 2.05) is 60.7 Å². The maximum Gasteiger partial charge on any atom is 0.352 e. The molecule has 0 aliphatic heterocycles. The van der Waals surface area contributed by atoms with Gasteiger partial charge < -0.3 is 19.6 Å². The van der Waals surface area contributed by atoms with Crippen molar-refractivity contribution in [2.45, 2.75) is 13.2 Å². The number of hydrogen-bond donors (Lipinski definition) is 2. The number of rotatable bonds is 7. The quantitative estimate of drug-likeness (QED) is 0.477. The number of nitrogens with one attached hydrogen (secondary N) is 1. The van der Waals surface area contributed by atoms with Crippen molar-refractivity contribution in [1.29, 1.82) is 0 Å². The molecule has 4 aromatic rings. The largest absolute Gasteiger partial charge is 0.489 e. The van der Waals surface area contributed by atoms with Crippen LogP contribution in [0, 0.1) is 0 Å². The number of ether oxygens (including phenoxy) is 2. The van der Waals surface area contributed by atoms with Gasteiger partial charge in [-0.2, -0.15) is 0 Å². The van der Waals surface area contributed by atoms with Crippen LogP contribution >= 0.6 is 0 Å². The molecule has 0 bridgehead atoms. The highest BCUT2D eigenvalue weighted by molar-refractivity contribution is 5.96. The minimum Gasteiger partial charge on any atom is -0.489 e. The highest BCUT2D eigenvalue weighted by atomic mass is 16.5. The normalized spacial score (nSPS) is 10.7. The van der Waals surface area contributed by atoms with E-state index in [4.69, 9.17) is 9.47 Å². The lowest BCUT2D eigenvalue weighted by Gasteiger charge is -2.11. The average molecular weight is 373 g/mol. The first kappa shape index (κ1) is 17.7. The summed E-state index contributed by atoms with van der Waals surface area (Å²) >= 11 is 0. The maximum absolute atomic E-state index is 11.4. The van der Waals surface area contributed by atoms with Crippen LogP contribution in [-0.2, 0) is 13.2 Å². The lowest BCUT2D eigenvalue weighted by molar-refractivity contribution is 0.0691. The van der Waals surface area contributed by atoms with Gasteiger partial charge in [-0.1, -0.05) is 60.7 Å². The number of aromatic amines is 1. The monoisotopic (exact) mass is 373 g/mol. The molecule has 2 N–H and O–H groups in total. The summed E-state index contributed by atoms with van der Waals surface area (Å²) in [5.74, 6) is 0.170. The number of carboxylic acids is 1. The van der Waals surface area contributed by atoms with Crippen LogP contribution in [0.5, 0.6) is 11.5 Å². The molecule has 0 aliphatic rings. The van der Waals surface area contributed by atoms with Gasteiger partial charge in [0, 0.05) is 17.5 Å². The minimum absolute atomic E-state index is 0.111. The van der Waals surface area contributed by atoms with E-state index in [-0.39, 0.29) is 5.69 Å². The topological polar surface area (TPSA) is 71.6 Å². The lowest BCUT2D eigenvalue weighted by Crippen LogP contribution is -1.98. The second-order valence-electron chi connectivity index (χ2n) is 6.42. The Morgan fingerprint density at radius 3 is 2.04 bits per heavy atom. The van der Waals surface area contributed by atoms with E-state index < -0.39 is 5.97 Å². The number of aromatic nitrogens is 1. The van der Waals surface area contributed by atoms with Crippen molar-refractivity contribution in [3.63, 3.8) is 0 Å². The first-order valence-corrected chi connectivity index (χ1v) is 8.92. The molecule has 0 spiro atoms. The fourth-order valence-corrected chi connectivity index (χ4v) is 2.97. The average Bonchev–Trinajstić information content (AvgIpc) is 3.17. The minimum atomic E-state index is -1.02. The predicted molar refractivity (Wildman–Crippen MR) is 107 cm³/mol.